The molecule has 0 saturated carbocycles. The van der Waals surface area contributed by atoms with Gasteiger partial charge in [-0.2, -0.15) is 0 Å². The lowest BCUT2D eigenvalue weighted by Gasteiger charge is -2.13. The highest BCUT2D eigenvalue weighted by molar-refractivity contribution is 9.11. The summed E-state index contributed by atoms with van der Waals surface area (Å²) in [7, 11) is 4.51. The molecule has 6 nitrogen and oxygen atoms in total. The topological polar surface area (TPSA) is 77.9 Å². The first kappa shape index (κ1) is 15.6. The number of halogens is 1. The molecule has 8 heteroatoms. The first-order valence-electron chi connectivity index (χ1n) is 5.71. The molecule has 2 aromatic rings. The quantitative estimate of drug-likeness (QED) is 0.866. The van der Waals surface area contributed by atoms with Crippen LogP contribution in [0.1, 0.15) is 10.5 Å². The zero-order chi connectivity index (χ0) is 15.6. The fourth-order valence-electron chi connectivity index (χ4n) is 1.85. The predicted molar refractivity (Wildman–Crippen MR) is 81.9 cm³/mol. The Labute approximate surface area is 133 Å². The Balaban J connectivity index is 2.67. The summed E-state index contributed by atoms with van der Waals surface area (Å²) < 4.78 is 16.3. The molecule has 0 aliphatic rings. The number of thiazole rings is 1. The average Bonchev–Trinajstić information content (AvgIpc) is 2.87. The molecule has 0 spiro atoms. The molecular formula is C13H12BrNO5S. The largest absolute Gasteiger partial charge is 0.493 e. The Bertz CT molecular complexity index is 660. The highest BCUT2D eigenvalue weighted by atomic mass is 79.9. The number of ether oxygens (including phenoxy) is 3. The SMILES string of the molecule is COc1cc(-c2sc(Br)nc2C(=O)O)cc(OC)c1OC. The van der Waals surface area contributed by atoms with Gasteiger partial charge in [-0.25, -0.2) is 9.78 Å². The van der Waals surface area contributed by atoms with Crippen LogP contribution in [0.4, 0.5) is 0 Å². The molecule has 112 valence electrons. The van der Waals surface area contributed by atoms with Gasteiger partial charge in [-0.1, -0.05) is 0 Å². The molecule has 0 bridgehead atoms. The zero-order valence-corrected chi connectivity index (χ0v) is 13.9. The number of nitrogens with zero attached hydrogens (tertiary/aromatic N) is 1. The van der Waals surface area contributed by atoms with Gasteiger partial charge in [0.1, 0.15) is 0 Å². The number of rotatable bonds is 5. The van der Waals surface area contributed by atoms with Crippen LogP contribution in [-0.4, -0.2) is 37.4 Å². The summed E-state index contributed by atoms with van der Waals surface area (Å²) >= 11 is 4.43. The minimum absolute atomic E-state index is 0.0267. The van der Waals surface area contributed by atoms with Gasteiger partial charge < -0.3 is 19.3 Å². The molecule has 0 fully saturated rings. The van der Waals surface area contributed by atoms with Crippen LogP contribution in [-0.2, 0) is 0 Å². The number of hydrogen-bond acceptors (Lipinski definition) is 6. The monoisotopic (exact) mass is 373 g/mol. The van der Waals surface area contributed by atoms with E-state index in [1.54, 1.807) is 12.1 Å². The van der Waals surface area contributed by atoms with Crippen molar-refractivity contribution in [3.63, 3.8) is 0 Å². The Morgan fingerprint density at radius 3 is 2.19 bits per heavy atom. The zero-order valence-electron chi connectivity index (χ0n) is 11.5. The van der Waals surface area contributed by atoms with E-state index < -0.39 is 5.97 Å². The van der Waals surface area contributed by atoms with Crippen molar-refractivity contribution in [3.05, 3.63) is 21.7 Å². The maximum atomic E-state index is 11.3. The van der Waals surface area contributed by atoms with E-state index in [-0.39, 0.29) is 5.69 Å². The Morgan fingerprint density at radius 2 is 1.76 bits per heavy atom. The summed E-state index contributed by atoms with van der Waals surface area (Å²) in [6, 6.07) is 3.38. The van der Waals surface area contributed by atoms with E-state index in [2.05, 4.69) is 20.9 Å². The van der Waals surface area contributed by atoms with Crippen LogP contribution in [0.25, 0.3) is 10.4 Å². The predicted octanol–water partition coefficient (Wildman–Crippen LogP) is 3.30. The molecule has 21 heavy (non-hydrogen) atoms. The molecule has 0 atom stereocenters. The summed E-state index contributed by atoms with van der Waals surface area (Å²) in [5.74, 6) is 0.255. The van der Waals surface area contributed by atoms with Crippen molar-refractivity contribution in [3.8, 4) is 27.7 Å². The number of carbonyl (C=O) groups is 1. The van der Waals surface area contributed by atoms with Gasteiger partial charge in [0.05, 0.1) is 26.2 Å². The van der Waals surface area contributed by atoms with Gasteiger partial charge in [0.15, 0.2) is 21.1 Å². The number of methoxy groups -OCH3 is 3. The van der Waals surface area contributed by atoms with Gasteiger partial charge in [-0.3, -0.25) is 0 Å². The number of aromatic nitrogens is 1. The van der Waals surface area contributed by atoms with E-state index >= 15 is 0 Å². The molecule has 0 unspecified atom stereocenters. The highest BCUT2D eigenvalue weighted by Crippen LogP contribution is 2.43. The molecule has 1 N–H and O–H groups in total. The molecule has 1 heterocycles. The van der Waals surface area contributed by atoms with E-state index in [9.17, 15) is 9.90 Å². The lowest BCUT2D eigenvalue weighted by atomic mass is 10.1. The van der Waals surface area contributed by atoms with Crippen LogP contribution in [0.3, 0.4) is 0 Å². The number of carboxylic acids is 1. The maximum absolute atomic E-state index is 11.3. The molecule has 0 aliphatic carbocycles. The molecule has 0 radical (unpaired) electrons. The maximum Gasteiger partial charge on any atom is 0.356 e. The van der Waals surface area contributed by atoms with E-state index in [1.807, 2.05) is 0 Å². The summed E-state index contributed by atoms with van der Waals surface area (Å²) in [6.45, 7) is 0. The van der Waals surface area contributed by atoms with E-state index in [4.69, 9.17) is 14.2 Å². The molecule has 1 aromatic heterocycles. The van der Waals surface area contributed by atoms with Crippen molar-refractivity contribution in [2.45, 2.75) is 0 Å². The highest BCUT2D eigenvalue weighted by Gasteiger charge is 2.21. The molecule has 2 rings (SSSR count). The third-order valence-electron chi connectivity index (χ3n) is 2.73. The lowest BCUT2D eigenvalue weighted by Crippen LogP contribution is -2.00. The third kappa shape index (κ3) is 2.96. The van der Waals surface area contributed by atoms with Crippen molar-refractivity contribution >= 4 is 33.2 Å². The van der Waals surface area contributed by atoms with Gasteiger partial charge in [-0.05, 0) is 28.1 Å². The fraction of sp³-hybridized carbons (Fsp3) is 0.231. The van der Waals surface area contributed by atoms with Crippen LogP contribution < -0.4 is 14.2 Å². The third-order valence-corrected chi connectivity index (χ3v) is 4.29. The van der Waals surface area contributed by atoms with Gasteiger partial charge in [0.2, 0.25) is 5.75 Å². The van der Waals surface area contributed by atoms with Crippen LogP contribution in [0, 0.1) is 0 Å². The standard InChI is InChI=1S/C13H12BrNO5S/c1-18-7-4-6(5-8(19-2)10(7)20-3)11-9(12(16)17)15-13(14)21-11/h4-5H,1-3H3,(H,16,17). The van der Waals surface area contributed by atoms with Crippen molar-refractivity contribution < 1.29 is 24.1 Å². The molecule has 0 aliphatic heterocycles. The first-order chi connectivity index (χ1) is 10.0. The van der Waals surface area contributed by atoms with Crippen molar-refractivity contribution in [1.29, 1.82) is 0 Å². The molecule has 0 amide bonds. The van der Waals surface area contributed by atoms with Crippen molar-refractivity contribution in [1.82, 2.24) is 4.98 Å². The second-order valence-corrected chi connectivity index (χ2v) is 6.14. The molecule has 0 saturated heterocycles. The Morgan fingerprint density at radius 1 is 1.19 bits per heavy atom. The summed E-state index contributed by atoms with van der Waals surface area (Å²) in [5.41, 5.74) is 0.603. The van der Waals surface area contributed by atoms with Crippen molar-refractivity contribution in [2.24, 2.45) is 0 Å². The van der Waals surface area contributed by atoms with Gasteiger partial charge in [-0.15, -0.1) is 11.3 Å². The van der Waals surface area contributed by atoms with Crippen LogP contribution in [0.2, 0.25) is 0 Å². The first-order valence-corrected chi connectivity index (χ1v) is 7.32. The number of benzene rings is 1. The average molecular weight is 374 g/mol. The van der Waals surface area contributed by atoms with Crippen LogP contribution in [0.5, 0.6) is 17.2 Å². The van der Waals surface area contributed by atoms with Crippen molar-refractivity contribution in [2.75, 3.05) is 21.3 Å². The van der Waals surface area contributed by atoms with E-state index in [1.165, 1.54) is 32.7 Å². The van der Waals surface area contributed by atoms with Crippen LogP contribution >= 0.6 is 27.3 Å². The van der Waals surface area contributed by atoms with Crippen LogP contribution in [0.15, 0.2) is 16.0 Å². The fourth-order valence-corrected chi connectivity index (χ4v) is 3.28. The number of aromatic carboxylic acids is 1. The number of hydrogen-bond donors (Lipinski definition) is 1. The van der Waals surface area contributed by atoms with Gasteiger partial charge >= 0.3 is 5.97 Å². The second-order valence-electron chi connectivity index (χ2n) is 3.86. The lowest BCUT2D eigenvalue weighted by molar-refractivity contribution is 0.0692. The van der Waals surface area contributed by atoms with Gasteiger partial charge in [0.25, 0.3) is 0 Å². The number of carboxylic acid groups (broad SMARTS) is 1. The second kappa shape index (κ2) is 6.31. The summed E-state index contributed by atoms with van der Waals surface area (Å²) in [5, 5.41) is 9.23. The Kier molecular flexibility index (Phi) is 4.69. The Hall–Kier alpha value is -1.80. The summed E-state index contributed by atoms with van der Waals surface area (Å²) in [6.07, 6.45) is 0. The normalized spacial score (nSPS) is 10.3. The van der Waals surface area contributed by atoms with E-state index in [0.29, 0.717) is 31.6 Å². The van der Waals surface area contributed by atoms with E-state index in [0.717, 1.165) is 0 Å². The smallest absolute Gasteiger partial charge is 0.356 e. The minimum atomic E-state index is -1.10. The van der Waals surface area contributed by atoms with Gasteiger partial charge in [0, 0.05) is 5.56 Å². The minimum Gasteiger partial charge on any atom is -0.493 e. The molecule has 1 aromatic carbocycles. The molecular weight excluding hydrogens is 362 g/mol. The summed E-state index contributed by atoms with van der Waals surface area (Å²) in [4.78, 5) is 15.7.